The summed E-state index contributed by atoms with van der Waals surface area (Å²) in [5.41, 5.74) is 1.71. The summed E-state index contributed by atoms with van der Waals surface area (Å²) < 4.78 is 5.34. The lowest BCUT2D eigenvalue weighted by molar-refractivity contribution is 0.0952. The fourth-order valence-corrected chi connectivity index (χ4v) is 2.18. The van der Waals surface area contributed by atoms with E-state index in [9.17, 15) is 4.79 Å². The molecule has 1 aromatic heterocycles. The van der Waals surface area contributed by atoms with Gasteiger partial charge in [-0.25, -0.2) is 0 Å². The SMILES string of the molecule is Cc1cc(C(=O)NCCc2cccc(Cl)c2)c(C)o1. The molecular weight excluding hydrogens is 262 g/mol. The third-order valence-corrected chi connectivity index (χ3v) is 3.11. The zero-order valence-corrected chi connectivity index (χ0v) is 11.8. The number of aryl methyl sites for hydroxylation is 2. The summed E-state index contributed by atoms with van der Waals surface area (Å²) in [7, 11) is 0. The lowest BCUT2D eigenvalue weighted by Crippen LogP contribution is -2.25. The Balaban J connectivity index is 1.89. The Kier molecular flexibility index (Phi) is 4.27. The molecule has 100 valence electrons. The number of furan rings is 1. The molecule has 1 N–H and O–H groups in total. The molecule has 4 heteroatoms. The highest BCUT2D eigenvalue weighted by atomic mass is 35.5. The second kappa shape index (κ2) is 5.93. The average Bonchev–Trinajstić information content (AvgIpc) is 2.68. The Morgan fingerprint density at radius 2 is 2.11 bits per heavy atom. The van der Waals surface area contributed by atoms with Crippen LogP contribution in [0.3, 0.4) is 0 Å². The van der Waals surface area contributed by atoms with E-state index >= 15 is 0 Å². The molecule has 0 spiro atoms. The summed E-state index contributed by atoms with van der Waals surface area (Å²) in [5, 5.41) is 3.59. The summed E-state index contributed by atoms with van der Waals surface area (Å²) in [5.74, 6) is 1.30. The second-order valence-electron chi connectivity index (χ2n) is 4.46. The van der Waals surface area contributed by atoms with E-state index in [1.165, 1.54) is 0 Å². The maximum absolute atomic E-state index is 11.9. The van der Waals surface area contributed by atoms with Crippen LogP contribution in [0.1, 0.15) is 27.4 Å². The van der Waals surface area contributed by atoms with Gasteiger partial charge in [-0.05, 0) is 44.0 Å². The smallest absolute Gasteiger partial charge is 0.254 e. The van der Waals surface area contributed by atoms with Crippen molar-refractivity contribution in [2.75, 3.05) is 6.54 Å². The number of carbonyl (C=O) groups excluding carboxylic acids is 1. The van der Waals surface area contributed by atoms with Crippen LogP contribution in [-0.2, 0) is 6.42 Å². The van der Waals surface area contributed by atoms with Crippen LogP contribution in [0.15, 0.2) is 34.7 Å². The molecule has 19 heavy (non-hydrogen) atoms. The average molecular weight is 278 g/mol. The van der Waals surface area contributed by atoms with E-state index in [0.29, 0.717) is 22.9 Å². The Labute approximate surface area is 117 Å². The zero-order valence-electron chi connectivity index (χ0n) is 11.0. The van der Waals surface area contributed by atoms with Gasteiger partial charge < -0.3 is 9.73 Å². The Hall–Kier alpha value is -1.74. The highest BCUT2D eigenvalue weighted by Gasteiger charge is 2.12. The van der Waals surface area contributed by atoms with Crippen LogP contribution in [-0.4, -0.2) is 12.5 Å². The van der Waals surface area contributed by atoms with Crippen LogP contribution < -0.4 is 5.32 Å². The molecule has 0 saturated carbocycles. The topological polar surface area (TPSA) is 42.2 Å². The number of hydrogen-bond acceptors (Lipinski definition) is 2. The first-order chi connectivity index (χ1) is 9.06. The predicted molar refractivity (Wildman–Crippen MR) is 75.7 cm³/mol. The first kappa shape index (κ1) is 13.7. The first-order valence-corrected chi connectivity index (χ1v) is 6.54. The van der Waals surface area contributed by atoms with Gasteiger partial charge in [-0.1, -0.05) is 23.7 Å². The van der Waals surface area contributed by atoms with E-state index in [4.69, 9.17) is 16.0 Å². The van der Waals surface area contributed by atoms with Crippen molar-refractivity contribution in [2.45, 2.75) is 20.3 Å². The third-order valence-electron chi connectivity index (χ3n) is 2.87. The van der Waals surface area contributed by atoms with Crippen molar-refractivity contribution < 1.29 is 9.21 Å². The summed E-state index contributed by atoms with van der Waals surface area (Å²) >= 11 is 5.91. The van der Waals surface area contributed by atoms with Crippen molar-refractivity contribution in [3.05, 3.63) is 58.0 Å². The number of carbonyl (C=O) groups is 1. The molecule has 0 unspecified atom stereocenters. The number of benzene rings is 1. The van der Waals surface area contributed by atoms with Crippen LogP contribution in [0.2, 0.25) is 5.02 Å². The summed E-state index contributed by atoms with van der Waals surface area (Å²) in [4.78, 5) is 11.9. The maximum atomic E-state index is 11.9. The van der Waals surface area contributed by atoms with E-state index in [0.717, 1.165) is 17.7 Å². The monoisotopic (exact) mass is 277 g/mol. The fraction of sp³-hybridized carbons (Fsp3) is 0.267. The van der Waals surface area contributed by atoms with Crippen LogP contribution in [0.4, 0.5) is 0 Å². The summed E-state index contributed by atoms with van der Waals surface area (Å²) in [6.45, 7) is 4.19. The highest BCUT2D eigenvalue weighted by Crippen LogP contribution is 2.13. The minimum absolute atomic E-state index is 0.101. The van der Waals surface area contributed by atoms with E-state index in [1.807, 2.05) is 31.2 Å². The third kappa shape index (κ3) is 3.61. The van der Waals surface area contributed by atoms with Gasteiger partial charge in [-0.15, -0.1) is 0 Å². The van der Waals surface area contributed by atoms with Gasteiger partial charge in [0.1, 0.15) is 11.5 Å². The number of amides is 1. The molecule has 0 aliphatic heterocycles. The van der Waals surface area contributed by atoms with Crippen molar-refractivity contribution in [3.8, 4) is 0 Å². The normalized spacial score (nSPS) is 10.5. The summed E-state index contributed by atoms with van der Waals surface area (Å²) in [6.07, 6.45) is 0.752. The highest BCUT2D eigenvalue weighted by molar-refractivity contribution is 6.30. The molecule has 0 aliphatic carbocycles. The van der Waals surface area contributed by atoms with Gasteiger partial charge in [0.15, 0.2) is 0 Å². The van der Waals surface area contributed by atoms with Gasteiger partial charge in [-0.3, -0.25) is 4.79 Å². The number of nitrogens with one attached hydrogen (secondary N) is 1. The van der Waals surface area contributed by atoms with Crippen molar-refractivity contribution in [1.29, 1.82) is 0 Å². The lowest BCUT2D eigenvalue weighted by atomic mass is 10.1. The van der Waals surface area contributed by atoms with Crippen molar-refractivity contribution in [1.82, 2.24) is 5.32 Å². The molecule has 1 amide bonds. The van der Waals surface area contributed by atoms with Crippen LogP contribution in [0.5, 0.6) is 0 Å². The van der Waals surface area contributed by atoms with Crippen LogP contribution >= 0.6 is 11.6 Å². The molecule has 0 atom stereocenters. The predicted octanol–water partition coefficient (Wildman–Crippen LogP) is 3.52. The maximum Gasteiger partial charge on any atom is 0.254 e. The molecule has 0 radical (unpaired) electrons. The van der Waals surface area contributed by atoms with Gasteiger partial charge in [0, 0.05) is 11.6 Å². The molecule has 0 saturated heterocycles. The Morgan fingerprint density at radius 1 is 1.32 bits per heavy atom. The van der Waals surface area contributed by atoms with Gasteiger partial charge in [0.25, 0.3) is 5.91 Å². The number of rotatable bonds is 4. The molecule has 1 aromatic carbocycles. The van der Waals surface area contributed by atoms with E-state index in [2.05, 4.69) is 5.32 Å². The Bertz CT molecular complexity index is 590. The minimum atomic E-state index is -0.101. The molecule has 0 aliphatic rings. The van der Waals surface area contributed by atoms with E-state index < -0.39 is 0 Å². The number of halogens is 1. The van der Waals surface area contributed by atoms with Gasteiger partial charge in [0.2, 0.25) is 0 Å². The van der Waals surface area contributed by atoms with Gasteiger partial charge >= 0.3 is 0 Å². The molecule has 1 heterocycles. The van der Waals surface area contributed by atoms with Crippen molar-refractivity contribution >= 4 is 17.5 Å². The molecule has 2 rings (SSSR count). The standard InChI is InChI=1S/C15H16ClNO2/c1-10-8-14(11(2)19-10)15(18)17-7-6-12-4-3-5-13(16)9-12/h3-5,8-9H,6-7H2,1-2H3,(H,17,18). The quantitative estimate of drug-likeness (QED) is 0.929. The van der Waals surface area contributed by atoms with Crippen molar-refractivity contribution in [2.24, 2.45) is 0 Å². The molecule has 3 nitrogen and oxygen atoms in total. The fourth-order valence-electron chi connectivity index (χ4n) is 1.96. The van der Waals surface area contributed by atoms with Crippen molar-refractivity contribution in [3.63, 3.8) is 0 Å². The van der Waals surface area contributed by atoms with Crippen LogP contribution in [0, 0.1) is 13.8 Å². The molecule has 2 aromatic rings. The number of hydrogen-bond donors (Lipinski definition) is 1. The van der Waals surface area contributed by atoms with Gasteiger partial charge in [-0.2, -0.15) is 0 Å². The second-order valence-corrected chi connectivity index (χ2v) is 4.90. The first-order valence-electron chi connectivity index (χ1n) is 6.16. The summed E-state index contributed by atoms with van der Waals surface area (Å²) in [6, 6.07) is 9.39. The Morgan fingerprint density at radius 3 is 2.74 bits per heavy atom. The minimum Gasteiger partial charge on any atom is -0.466 e. The van der Waals surface area contributed by atoms with E-state index in [1.54, 1.807) is 13.0 Å². The van der Waals surface area contributed by atoms with Gasteiger partial charge in [0.05, 0.1) is 5.56 Å². The molecule has 0 bridgehead atoms. The molecular formula is C15H16ClNO2. The zero-order chi connectivity index (χ0) is 13.8. The molecule has 0 fully saturated rings. The lowest BCUT2D eigenvalue weighted by Gasteiger charge is -2.05. The van der Waals surface area contributed by atoms with E-state index in [-0.39, 0.29) is 5.91 Å². The van der Waals surface area contributed by atoms with Crippen LogP contribution in [0.25, 0.3) is 0 Å². The largest absolute Gasteiger partial charge is 0.466 e.